The first kappa shape index (κ1) is 9.74. The van der Waals surface area contributed by atoms with E-state index in [1.165, 1.54) is 0 Å². The maximum absolute atomic E-state index is 11.1. The third-order valence-electron chi connectivity index (χ3n) is 1.67. The zero-order valence-electron chi connectivity index (χ0n) is 7.69. The summed E-state index contributed by atoms with van der Waals surface area (Å²) in [5, 5.41) is 0. The van der Waals surface area contributed by atoms with Crippen molar-refractivity contribution in [3.63, 3.8) is 0 Å². The van der Waals surface area contributed by atoms with Crippen LogP contribution in [-0.2, 0) is 4.79 Å². The lowest BCUT2D eigenvalue weighted by molar-refractivity contribution is -0.397. The standard InChI is InChI=1S/C10H13NO2/c1-8(11)10(12)7-13-9-5-3-2-4-6-9/h2-6,8H,7,11H2,1H3/p+1. The van der Waals surface area contributed by atoms with E-state index in [2.05, 4.69) is 5.73 Å². The quantitative estimate of drug-likeness (QED) is 0.722. The molecule has 0 radical (unpaired) electrons. The summed E-state index contributed by atoms with van der Waals surface area (Å²) in [6.45, 7) is 1.87. The second kappa shape index (κ2) is 4.62. The Morgan fingerprint density at radius 2 is 2.08 bits per heavy atom. The fraction of sp³-hybridized carbons (Fsp3) is 0.300. The molecule has 0 saturated carbocycles. The third kappa shape index (κ3) is 3.25. The number of para-hydroxylation sites is 1. The van der Waals surface area contributed by atoms with Crippen LogP contribution in [0.5, 0.6) is 5.75 Å². The SMILES string of the molecule is CC([NH3+])C(=O)COc1ccccc1. The summed E-state index contributed by atoms with van der Waals surface area (Å²) >= 11 is 0. The number of hydrogen-bond acceptors (Lipinski definition) is 2. The van der Waals surface area contributed by atoms with Crippen LogP contribution < -0.4 is 10.5 Å². The number of ketones is 1. The lowest BCUT2D eigenvalue weighted by Gasteiger charge is -2.04. The van der Waals surface area contributed by atoms with E-state index in [0.29, 0.717) is 0 Å². The van der Waals surface area contributed by atoms with Gasteiger partial charge in [-0.15, -0.1) is 0 Å². The van der Waals surface area contributed by atoms with Gasteiger partial charge < -0.3 is 10.5 Å². The van der Waals surface area contributed by atoms with E-state index in [4.69, 9.17) is 4.74 Å². The molecular formula is C10H14NO2+. The van der Waals surface area contributed by atoms with E-state index in [1.54, 1.807) is 6.92 Å². The van der Waals surface area contributed by atoms with Crippen molar-refractivity contribution >= 4 is 5.78 Å². The Kier molecular flexibility index (Phi) is 3.46. The number of quaternary nitrogens is 1. The van der Waals surface area contributed by atoms with Gasteiger partial charge in [-0.2, -0.15) is 0 Å². The van der Waals surface area contributed by atoms with E-state index in [0.717, 1.165) is 5.75 Å². The molecule has 0 amide bonds. The lowest BCUT2D eigenvalue weighted by atomic mass is 10.2. The van der Waals surface area contributed by atoms with Gasteiger partial charge in [-0.3, -0.25) is 4.79 Å². The number of Topliss-reactive ketones (excluding diaryl/α,β-unsaturated/α-hetero) is 1. The predicted octanol–water partition coefficient (Wildman–Crippen LogP) is 0.265. The number of ether oxygens (including phenoxy) is 1. The monoisotopic (exact) mass is 180 g/mol. The van der Waals surface area contributed by atoms with Gasteiger partial charge in [0.05, 0.1) is 0 Å². The van der Waals surface area contributed by atoms with E-state index in [-0.39, 0.29) is 18.4 Å². The van der Waals surface area contributed by atoms with Crippen molar-refractivity contribution in [2.75, 3.05) is 6.61 Å². The largest absolute Gasteiger partial charge is 0.486 e. The van der Waals surface area contributed by atoms with Crippen molar-refractivity contribution in [1.29, 1.82) is 0 Å². The van der Waals surface area contributed by atoms with Crippen LogP contribution in [0.2, 0.25) is 0 Å². The van der Waals surface area contributed by atoms with Crippen LogP contribution in [0.4, 0.5) is 0 Å². The van der Waals surface area contributed by atoms with Gasteiger partial charge >= 0.3 is 0 Å². The summed E-state index contributed by atoms with van der Waals surface area (Å²) in [5.74, 6) is 0.736. The van der Waals surface area contributed by atoms with E-state index in [9.17, 15) is 4.79 Å². The molecule has 0 heterocycles. The van der Waals surface area contributed by atoms with E-state index >= 15 is 0 Å². The van der Waals surface area contributed by atoms with Gasteiger partial charge in [0.15, 0.2) is 6.61 Å². The zero-order valence-corrected chi connectivity index (χ0v) is 7.69. The van der Waals surface area contributed by atoms with Crippen LogP contribution in [0.3, 0.4) is 0 Å². The number of hydrogen-bond donors (Lipinski definition) is 1. The average molecular weight is 180 g/mol. The summed E-state index contributed by atoms with van der Waals surface area (Å²) in [5.41, 5.74) is 3.62. The normalized spacial score (nSPS) is 12.2. The Hall–Kier alpha value is -1.35. The predicted molar refractivity (Wildman–Crippen MR) is 49.3 cm³/mol. The highest BCUT2D eigenvalue weighted by atomic mass is 16.5. The van der Waals surface area contributed by atoms with Crippen molar-refractivity contribution in [2.45, 2.75) is 13.0 Å². The van der Waals surface area contributed by atoms with Crippen LogP contribution in [0, 0.1) is 0 Å². The van der Waals surface area contributed by atoms with Gasteiger partial charge in [0.1, 0.15) is 11.8 Å². The molecule has 3 nitrogen and oxygen atoms in total. The molecule has 1 aromatic rings. The minimum atomic E-state index is -0.205. The molecule has 3 heteroatoms. The molecule has 0 bridgehead atoms. The minimum Gasteiger partial charge on any atom is -0.486 e. The molecule has 70 valence electrons. The summed E-state index contributed by atoms with van der Waals surface area (Å²) in [7, 11) is 0. The second-order valence-corrected chi connectivity index (χ2v) is 2.97. The van der Waals surface area contributed by atoms with Gasteiger partial charge in [-0.05, 0) is 19.1 Å². The van der Waals surface area contributed by atoms with Crippen molar-refractivity contribution in [2.24, 2.45) is 0 Å². The molecule has 1 aromatic carbocycles. The first-order valence-corrected chi connectivity index (χ1v) is 4.24. The van der Waals surface area contributed by atoms with E-state index in [1.807, 2.05) is 30.3 Å². The summed E-state index contributed by atoms with van der Waals surface area (Å²) < 4.78 is 5.24. The van der Waals surface area contributed by atoms with Crippen LogP contribution in [0.15, 0.2) is 30.3 Å². The summed E-state index contributed by atoms with van der Waals surface area (Å²) in [6, 6.07) is 9.07. The maximum atomic E-state index is 11.1. The molecule has 1 unspecified atom stereocenters. The molecular weight excluding hydrogens is 166 g/mol. The molecule has 0 aliphatic heterocycles. The molecule has 0 spiro atoms. The van der Waals surface area contributed by atoms with Crippen LogP contribution in [0.25, 0.3) is 0 Å². The first-order valence-electron chi connectivity index (χ1n) is 4.24. The van der Waals surface area contributed by atoms with Gasteiger partial charge in [-0.1, -0.05) is 18.2 Å². The summed E-state index contributed by atoms with van der Waals surface area (Å²) in [4.78, 5) is 11.1. The second-order valence-electron chi connectivity index (χ2n) is 2.97. The highest BCUT2D eigenvalue weighted by molar-refractivity contribution is 5.83. The number of carbonyl (C=O) groups is 1. The number of rotatable bonds is 4. The van der Waals surface area contributed by atoms with Gasteiger partial charge in [-0.25, -0.2) is 0 Å². The Bertz CT molecular complexity index is 270. The molecule has 3 N–H and O–H groups in total. The Morgan fingerprint density at radius 1 is 1.46 bits per heavy atom. The topological polar surface area (TPSA) is 53.9 Å². The fourth-order valence-electron chi connectivity index (χ4n) is 0.813. The van der Waals surface area contributed by atoms with Gasteiger partial charge in [0, 0.05) is 0 Å². The van der Waals surface area contributed by atoms with Gasteiger partial charge in [0.25, 0.3) is 0 Å². The number of benzene rings is 1. The van der Waals surface area contributed by atoms with Crippen LogP contribution >= 0.6 is 0 Å². The van der Waals surface area contributed by atoms with Gasteiger partial charge in [0.2, 0.25) is 5.78 Å². The molecule has 1 atom stereocenters. The minimum absolute atomic E-state index is 0.0175. The Balaban J connectivity index is 2.40. The lowest BCUT2D eigenvalue weighted by Crippen LogP contribution is -2.64. The zero-order chi connectivity index (χ0) is 9.68. The molecule has 13 heavy (non-hydrogen) atoms. The third-order valence-corrected chi connectivity index (χ3v) is 1.67. The van der Waals surface area contributed by atoms with Crippen molar-refractivity contribution in [1.82, 2.24) is 0 Å². The highest BCUT2D eigenvalue weighted by Gasteiger charge is 2.10. The molecule has 0 aromatic heterocycles. The molecule has 1 rings (SSSR count). The molecule has 0 saturated heterocycles. The van der Waals surface area contributed by atoms with E-state index < -0.39 is 0 Å². The number of carbonyl (C=O) groups excluding carboxylic acids is 1. The van der Waals surface area contributed by atoms with Crippen LogP contribution in [0.1, 0.15) is 6.92 Å². The average Bonchev–Trinajstić information content (AvgIpc) is 2.15. The highest BCUT2D eigenvalue weighted by Crippen LogP contribution is 2.07. The van der Waals surface area contributed by atoms with Crippen molar-refractivity contribution < 1.29 is 15.3 Å². The molecule has 0 aliphatic rings. The van der Waals surface area contributed by atoms with Crippen LogP contribution in [-0.4, -0.2) is 18.4 Å². The smallest absolute Gasteiger partial charge is 0.226 e. The van der Waals surface area contributed by atoms with Crippen molar-refractivity contribution in [3.8, 4) is 5.75 Å². The maximum Gasteiger partial charge on any atom is 0.226 e. The Labute approximate surface area is 77.5 Å². The first-order chi connectivity index (χ1) is 6.20. The fourth-order valence-corrected chi connectivity index (χ4v) is 0.813. The molecule has 0 aliphatic carbocycles. The summed E-state index contributed by atoms with van der Waals surface area (Å²) in [6.07, 6.45) is 0. The Morgan fingerprint density at radius 3 is 2.62 bits per heavy atom. The molecule has 0 fully saturated rings. The van der Waals surface area contributed by atoms with Crippen molar-refractivity contribution in [3.05, 3.63) is 30.3 Å².